The normalized spacial score (nSPS) is 20.8. The highest BCUT2D eigenvalue weighted by Crippen LogP contribution is 2.34. The van der Waals surface area contributed by atoms with Crippen LogP contribution in [-0.4, -0.2) is 6.61 Å². The maximum atomic E-state index is 5.82. The van der Waals surface area contributed by atoms with E-state index in [1.807, 2.05) is 11.3 Å². The number of unbranched alkanes of at least 4 members (excludes halogenated alkanes) is 2. The van der Waals surface area contributed by atoms with Crippen LogP contribution in [-0.2, 0) is 11.2 Å². The Morgan fingerprint density at radius 1 is 1.50 bits per heavy atom. The second-order valence-corrected chi connectivity index (χ2v) is 4.91. The van der Waals surface area contributed by atoms with E-state index in [0.717, 1.165) is 13.0 Å². The van der Waals surface area contributed by atoms with Crippen molar-refractivity contribution in [2.75, 3.05) is 6.61 Å². The molecule has 0 N–H and O–H groups in total. The first-order valence-electron chi connectivity index (χ1n) is 5.59. The second kappa shape index (κ2) is 4.94. The number of hydrogen-bond acceptors (Lipinski definition) is 2. The lowest BCUT2D eigenvalue weighted by Crippen LogP contribution is -2.14. The van der Waals surface area contributed by atoms with Gasteiger partial charge in [0.1, 0.15) is 0 Å². The molecule has 1 aliphatic heterocycles. The summed E-state index contributed by atoms with van der Waals surface area (Å²) in [5.41, 5.74) is 1.47. The molecule has 1 atom stereocenters. The fraction of sp³-hybridized carbons (Fsp3) is 0.667. The predicted octanol–water partition coefficient (Wildman–Crippen LogP) is 3.94. The van der Waals surface area contributed by atoms with Gasteiger partial charge in [0, 0.05) is 11.3 Å². The van der Waals surface area contributed by atoms with Gasteiger partial charge in [0.15, 0.2) is 0 Å². The molecule has 0 saturated carbocycles. The van der Waals surface area contributed by atoms with E-state index in [9.17, 15) is 0 Å². The van der Waals surface area contributed by atoms with Crippen LogP contribution in [0.5, 0.6) is 0 Å². The summed E-state index contributed by atoms with van der Waals surface area (Å²) >= 11 is 1.89. The number of rotatable bonds is 4. The molecule has 78 valence electrons. The average molecular weight is 210 g/mol. The monoisotopic (exact) mass is 210 g/mol. The van der Waals surface area contributed by atoms with Crippen LogP contribution in [0.2, 0.25) is 0 Å². The first kappa shape index (κ1) is 10.2. The molecule has 2 heterocycles. The van der Waals surface area contributed by atoms with Gasteiger partial charge in [-0.3, -0.25) is 0 Å². The zero-order valence-corrected chi connectivity index (χ0v) is 9.61. The van der Waals surface area contributed by atoms with Crippen molar-refractivity contribution in [1.82, 2.24) is 0 Å². The lowest BCUT2D eigenvalue weighted by Gasteiger charge is -2.23. The van der Waals surface area contributed by atoms with E-state index >= 15 is 0 Å². The highest BCUT2D eigenvalue weighted by molar-refractivity contribution is 7.10. The first-order chi connectivity index (χ1) is 6.92. The summed E-state index contributed by atoms with van der Waals surface area (Å²) in [6.07, 6.45) is 6.66. The molecule has 0 bridgehead atoms. The number of ether oxygens (including phenoxy) is 1. The standard InChI is InChI=1S/C12H18OS/c1-2-3-4-5-11-10-7-9-14-12(10)6-8-13-11/h7,9,11H,2-6,8H2,1H3. The summed E-state index contributed by atoms with van der Waals surface area (Å²) in [4.78, 5) is 1.55. The van der Waals surface area contributed by atoms with Gasteiger partial charge in [0.25, 0.3) is 0 Å². The smallest absolute Gasteiger partial charge is 0.0835 e. The minimum Gasteiger partial charge on any atom is -0.373 e. The molecule has 14 heavy (non-hydrogen) atoms. The van der Waals surface area contributed by atoms with E-state index in [-0.39, 0.29) is 0 Å². The molecule has 0 saturated heterocycles. The quantitative estimate of drug-likeness (QED) is 0.684. The Morgan fingerprint density at radius 2 is 2.43 bits per heavy atom. The third kappa shape index (κ3) is 2.18. The van der Waals surface area contributed by atoms with E-state index in [4.69, 9.17) is 4.74 Å². The summed E-state index contributed by atoms with van der Waals surface area (Å²) in [6.45, 7) is 3.17. The van der Waals surface area contributed by atoms with Crippen LogP contribution >= 0.6 is 11.3 Å². The minimum absolute atomic E-state index is 0.400. The maximum absolute atomic E-state index is 5.82. The van der Waals surface area contributed by atoms with Gasteiger partial charge in [0.05, 0.1) is 12.7 Å². The molecule has 0 fully saturated rings. The van der Waals surface area contributed by atoms with Crippen molar-refractivity contribution < 1.29 is 4.74 Å². The second-order valence-electron chi connectivity index (χ2n) is 3.90. The molecule has 0 aliphatic carbocycles. The van der Waals surface area contributed by atoms with E-state index in [2.05, 4.69) is 18.4 Å². The largest absolute Gasteiger partial charge is 0.373 e. The number of hydrogen-bond donors (Lipinski definition) is 0. The van der Waals surface area contributed by atoms with Crippen LogP contribution in [0.25, 0.3) is 0 Å². The van der Waals surface area contributed by atoms with E-state index < -0.39 is 0 Å². The van der Waals surface area contributed by atoms with Crippen molar-refractivity contribution >= 4 is 11.3 Å². The molecule has 1 unspecified atom stereocenters. The zero-order valence-electron chi connectivity index (χ0n) is 8.79. The SMILES string of the molecule is CCCCCC1OCCc2sccc21. The Kier molecular flexibility index (Phi) is 3.60. The molecule has 1 aromatic heterocycles. The molecule has 1 nitrogen and oxygen atoms in total. The van der Waals surface area contributed by atoms with E-state index in [1.54, 1.807) is 4.88 Å². The predicted molar refractivity (Wildman–Crippen MR) is 60.9 cm³/mol. The summed E-state index contributed by atoms with van der Waals surface area (Å²) < 4.78 is 5.82. The first-order valence-corrected chi connectivity index (χ1v) is 6.47. The number of fused-ring (bicyclic) bond motifs is 1. The minimum atomic E-state index is 0.400. The number of thiophene rings is 1. The summed E-state index contributed by atoms with van der Waals surface area (Å²) in [7, 11) is 0. The Bertz CT molecular complexity index is 280. The van der Waals surface area contributed by atoms with Crippen molar-refractivity contribution in [1.29, 1.82) is 0 Å². The topological polar surface area (TPSA) is 9.23 Å². The summed E-state index contributed by atoms with van der Waals surface area (Å²) in [5.74, 6) is 0. The highest BCUT2D eigenvalue weighted by Gasteiger charge is 2.20. The van der Waals surface area contributed by atoms with Crippen LogP contribution < -0.4 is 0 Å². The molecule has 0 spiro atoms. The molecule has 0 radical (unpaired) electrons. The molecule has 0 aromatic carbocycles. The molecule has 0 amide bonds. The van der Waals surface area contributed by atoms with Gasteiger partial charge in [0.2, 0.25) is 0 Å². The van der Waals surface area contributed by atoms with E-state index in [0.29, 0.717) is 6.10 Å². The lowest BCUT2D eigenvalue weighted by atomic mass is 10.0. The van der Waals surface area contributed by atoms with Crippen molar-refractivity contribution in [2.45, 2.75) is 45.1 Å². The third-order valence-corrected chi connectivity index (χ3v) is 3.84. The van der Waals surface area contributed by atoms with Gasteiger partial charge in [-0.25, -0.2) is 0 Å². The van der Waals surface area contributed by atoms with Gasteiger partial charge in [-0.05, 0) is 23.4 Å². The third-order valence-electron chi connectivity index (χ3n) is 2.84. The highest BCUT2D eigenvalue weighted by atomic mass is 32.1. The molecular weight excluding hydrogens is 192 g/mol. The van der Waals surface area contributed by atoms with Crippen LogP contribution in [0.3, 0.4) is 0 Å². The van der Waals surface area contributed by atoms with Crippen LogP contribution in [0.1, 0.15) is 49.2 Å². The van der Waals surface area contributed by atoms with Crippen LogP contribution in [0, 0.1) is 0 Å². The molecule has 2 heteroatoms. The van der Waals surface area contributed by atoms with Crippen molar-refractivity contribution in [3.63, 3.8) is 0 Å². The van der Waals surface area contributed by atoms with Gasteiger partial charge in [-0.15, -0.1) is 11.3 Å². The summed E-state index contributed by atoms with van der Waals surface area (Å²) in [5, 5.41) is 2.20. The average Bonchev–Trinajstić information content (AvgIpc) is 2.67. The van der Waals surface area contributed by atoms with Gasteiger partial charge < -0.3 is 4.74 Å². The van der Waals surface area contributed by atoms with Gasteiger partial charge >= 0.3 is 0 Å². The Balaban J connectivity index is 1.94. The Morgan fingerprint density at radius 3 is 3.29 bits per heavy atom. The molecule has 1 aromatic rings. The van der Waals surface area contributed by atoms with Crippen LogP contribution in [0.15, 0.2) is 11.4 Å². The van der Waals surface area contributed by atoms with Crippen molar-refractivity contribution in [3.05, 3.63) is 21.9 Å². The fourth-order valence-electron chi connectivity index (χ4n) is 2.04. The maximum Gasteiger partial charge on any atom is 0.0835 e. The van der Waals surface area contributed by atoms with Crippen molar-refractivity contribution in [2.24, 2.45) is 0 Å². The lowest BCUT2D eigenvalue weighted by molar-refractivity contribution is 0.0361. The van der Waals surface area contributed by atoms with Crippen LogP contribution in [0.4, 0.5) is 0 Å². The zero-order chi connectivity index (χ0) is 9.80. The van der Waals surface area contributed by atoms with Gasteiger partial charge in [-0.1, -0.05) is 26.2 Å². The molecular formula is C12H18OS. The van der Waals surface area contributed by atoms with Gasteiger partial charge in [-0.2, -0.15) is 0 Å². The Labute approximate surface area is 90.1 Å². The van der Waals surface area contributed by atoms with Crippen molar-refractivity contribution in [3.8, 4) is 0 Å². The molecule has 2 rings (SSSR count). The summed E-state index contributed by atoms with van der Waals surface area (Å²) in [6, 6.07) is 2.25. The Hall–Kier alpha value is -0.340. The van der Waals surface area contributed by atoms with E-state index in [1.165, 1.54) is 31.2 Å². The fourth-order valence-corrected chi connectivity index (χ4v) is 2.96. The molecule has 1 aliphatic rings.